The Bertz CT molecular complexity index is 660. The van der Waals surface area contributed by atoms with E-state index >= 15 is 0 Å². The molecule has 0 aliphatic rings. The molecule has 0 fully saturated rings. The summed E-state index contributed by atoms with van der Waals surface area (Å²) in [6, 6.07) is 7.95. The van der Waals surface area contributed by atoms with Gasteiger partial charge in [0, 0.05) is 5.56 Å². The van der Waals surface area contributed by atoms with Gasteiger partial charge in [-0.3, -0.25) is 9.59 Å². The molecule has 1 aromatic heterocycles. The first-order valence-corrected chi connectivity index (χ1v) is 5.58. The molecule has 104 valence electrons. The highest BCUT2D eigenvalue weighted by Gasteiger charge is 2.41. The third kappa shape index (κ3) is 2.47. The molecule has 0 N–H and O–H groups in total. The molecule has 0 amide bonds. The molecule has 0 radical (unpaired) electrons. The maximum Gasteiger partial charge on any atom is 0.454 e. The number of ketones is 1. The number of carbonyl (C=O) groups excluding carboxylic acids is 2. The predicted molar refractivity (Wildman–Crippen MR) is 63.5 cm³/mol. The Kier molecular flexibility index (Phi) is 3.44. The van der Waals surface area contributed by atoms with Crippen molar-refractivity contribution in [3.05, 3.63) is 53.3 Å². The summed E-state index contributed by atoms with van der Waals surface area (Å²) >= 11 is 0. The van der Waals surface area contributed by atoms with Crippen molar-refractivity contribution in [3.8, 4) is 0 Å². The van der Waals surface area contributed by atoms with Gasteiger partial charge in [-0.2, -0.15) is 18.3 Å². The smallest absolute Gasteiger partial charge is 0.284 e. The molecule has 2 rings (SSSR count). The van der Waals surface area contributed by atoms with Gasteiger partial charge in [-0.15, -0.1) is 0 Å². The summed E-state index contributed by atoms with van der Waals surface area (Å²) in [5.74, 6) is -2.61. The third-order valence-electron chi connectivity index (χ3n) is 2.72. The van der Waals surface area contributed by atoms with Crippen LogP contribution in [0, 0.1) is 6.92 Å². The maximum absolute atomic E-state index is 12.4. The molecule has 0 saturated heterocycles. The van der Waals surface area contributed by atoms with Crippen LogP contribution in [0.4, 0.5) is 13.2 Å². The second-order valence-corrected chi connectivity index (χ2v) is 4.05. The van der Waals surface area contributed by atoms with E-state index < -0.39 is 23.4 Å². The average molecular weight is 282 g/mol. The van der Waals surface area contributed by atoms with Crippen molar-refractivity contribution in [3.63, 3.8) is 0 Å². The molecule has 20 heavy (non-hydrogen) atoms. The molecule has 7 heteroatoms. The van der Waals surface area contributed by atoms with E-state index in [9.17, 15) is 22.8 Å². The van der Waals surface area contributed by atoms with Crippen LogP contribution >= 0.6 is 0 Å². The zero-order chi connectivity index (χ0) is 14.9. The van der Waals surface area contributed by atoms with Crippen LogP contribution in [0.1, 0.15) is 26.4 Å². The topological polar surface area (TPSA) is 52.0 Å². The lowest BCUT2D eigenvalue weighted by Crippen LogP contribution is -2.24. The van der Waals surface area contributed by atoms with Gasteiger partial charge in [0.15, 0.2) is 0 Å². The quantitative estimate of drug-likeness (QED) is 0.796. The van der Waals surface area contributed by atoms with E-state index in [1.807, 2.05) is 0 Å². The molecule has 0 bridgehead atoms. The average Bonchev–Trinajstić information content (AvgIpc) is 2.78. The number of alkyl halides is 3. The number of hydrogen-bond donors (Lipinski definition) is 0. The van der Waals surface area contributed by atoms with E-state index in [1.165, 1.54) is 19.1 Å². The molecule has 1 heterocycles. The molecule has 2 aromatic rings. The summed E-state index contributed by atoms with van der Waals surface area (Å²) in [6.07, 6.45) is -4.24. The molecule has 0 aliphatic heterocycles. The van der Waals surface area contributed by atoms with Crippen LogP contribution in [0.15, 0.2) is 36.5 Å². The molecule has 0 unspecified atom stereocenters. The van der Waals surface area contributed by atoms with Gasteiger partial charge in [0.05, 0.1) is 17.5 Å². The number of aromatic nitrogens is 2. The Hall–Kier alpha value is -2.44. The molecule has 0 spiro atoms. The second-order valence-electron chi connectivity index (χ2n) is 4.05. The fourth-order valence-electron chi connectivity index (χ4n) is 1.69. The van der Waals surface area contributed by atoms with Crippen LogP contribution in [-0.4, -0.2) is 27.6 Å². The number of carbonyl (C=O) groups is 2. The molecule has 4 nitrogen and oxygen atoms in total. The standard InChI is InChI=1S/C13H9F3N2O2/c1-8-10(11(19)13(14,15)16)7-17-18(8)12(20)9-5-3-2-4-6-9/h2-7H,1H3. The minimum atomic E-state index is -4.99. The van der Waals surface area contributed by atoms with E-state index in [0.29, 0.717) is 0 Å². The van der Waals surface area contributed by atoms with Crippen LogP contribution in [0.2, 0.25) is 0 Å². The van der Waals surface area contributed by atoms with Gasteiger partial charge in [0.2, 0.25) is 0 Å². The lowest BCUT2D eigenvalue weighted by molar-refractivity contribution is -0.0885. The number of Topliss-reactive ketones (excluding diaryl/α,β-unsaturated/α-hetero) is 1. The van der Waals surface area contributed by atoms with Gasteiger partial charge >= 0.3 is 6.18 Å². The summed E-state index contributed by atoms with van der Waals surface area (Å²) in [5.41, 5.74) is -0.493. The first-order chi connectivity index (χ1) is 9.32. The van der Waals surface area contributed by atoms with Crippen LogP contribution < -0.4 is 0 Å². The Labute approximate surface area is 111 Å². The van der Waals surface area contributed by atoms with Crippen molar-refractivity contribution in [2.45, 2.75) is 13.1 Å². The Morgan fingerprint density at radius 2 is 1.75 bits per heavy atom. The lowest BCUT2D eigenvalue weighted by atomic mass is 10.1. The Balaban J connectivity index is 2.40. The highest BCUT2D eigenvalue weighted by Crippen LogP contribution is 2.23. The van der Waals surface area contributed by atoms with Crippen LogP contribution in [0.25, 0.3) is 0 Å². The van der Waals surface area contributed by atoms with Gasteiger partial charge in [-0.05, 0) is 19.1 Å². The van der Waals surface area contributed by atoms with E-state index in [4.69, 9.17) is 0 Å². The number of nitrogens with zero attached hydrogens (tertiary/aromatic N) is 2. The Morgan fingerprint density at radius 1 is 1.15 bits per heavy atom. The van der Waals surface area contributed by atoms with Crippen molar-refractivity contribution < 1.29 is 22.8 Å². The predicted octanol–water partition coefficient (Wildman–Crippen LogP) is 2.63. The number of benzene rings is 1. The minimum absolute atomic E-state index is 0.138. The van der Waals surface area contributed by atoms with Gasteiger partial charge in [-0.1, -0.05) is 18.2 Å². The number of halogens is 3. The third-order valence-corrected chi connectivity index (χ3v) is 2.72. The summed E-state index contributed by atoms with van der Waals surface area (Å²) in [7, 11) is 0. The number of rotatable bonds is 2. The largest absolute Gasteiger partial charge is 0.454 e. The summed E-state index contributed by atoms with van der Waals surface area (Å²) in [4.78, 5) is 23.2. The van der Waals surface area contributed by atoms with Crippen LogP contribution in [0.5, 0.6) is 0 Å². The SMILES string of the molecule is Cc1c(C(=O)C(F)(F)F)cnn1C(=O)c1ccccc1. The number of hydrogen-bond acceptors (Lipinski definition) is 3. The molecule has 1 aromatic carbocycles. The molecule has 0 atom stereocenters. The fourth-order valence-corrected chi connectivity index (χ4v) is 1.69. The lowest BCUT2D eigenvalue weighted by Gasteiger charge is -2.05. The zero-order valence-corrected chi connectivity index (χ0v) is 10.3. The molecular formula is C13H9F3N2O2. The van der Waals surface area contributed by atoms with Gasteiger partial charge in [0.1, 0.15) is 0 Å². The van der Waals surface area contributed by atoms with Crippen molar-refractivity contribution in [1.29, 1.82) is 0 Å². The van der Waals surface area contributed by atoms with Gasteiger partial charge < -0.3 is 0 Å². The highest BCUT2D eigenvalue weighted by atomic mass is 19.4. The first-order valence-electron chi connectivity index (χ1n) is 5.58. The van der Waals surface area contributed by atoms with Gasteiger partial charge in [0.25, 0.3) is 11.7 Å². The normalized spacial score (nSPS) is 11.4. The van der Waals surface area contributed by atoms with Crippen molar-refractivity contribution >= 4 is 11.7 Å². The minimum Gasteiger partial charge on any atom is -0.284 e. The van der Waals surface area contributed by atoms with Crippen molar-refractivity contribution in [2.24, 2.45) is 0 Å². The monoisotopic (exact) mass is 282 g/mol. The molecule has 0 aliphatic carbocycles. The summed E-state index contributed by atoms with van der Waals surface area (Å²) in [5, 5.41) is 3.57. The molecule has 0 saturated carbocycles. The highest BCUT2D eigenvalue weighted by molar-refractivity contribution is 6.03. The van der Waals surface area contributed by atoms with Crippen LogP contribution in [0.3, 0.4) is 0 Å². The fraction of sp³-hybridized carbons (Fsp3) is 0.154. The van der Waals surface area contributed by atoms with Crippen molar-refractivity contribution in [2.75, 3.05) is 0 Å². The summed E-state index contributed by atoms with van der Waals surface area (Å²) in [6.45, 7) is 1.24. The maximum atomic E-state index is 12.4. The summed E-state index contributed by atoms with van der Waals surface area (Å²) < 4.78 is 37.9. The van der Waals surface area contributed by atoms with Crippen LogP contribution in [-0.2, 0) is 0 Å². The second kappa shape index (κ2) is 4.92. The van der Waals surface area contributed by atoms with E-state index in [1.54, 1.807) is 18.2 Å². The molecular weight excluding hydrogens is 273 g/mol. The zero-order valence-electron chi connectivity index (χ0n) is 10.3. The van der Waals surface area contributed by atoms with Gasteiger partial charge in [-0.25, -0.2) is 4.68 Å². The first kappa shape index (κ1) is 14.0. The van der Waals surface area contributed by atoms with E-state index in [2.05, 4.69) is 5.10 Å². The van der Waals surface area contributed by atoms with Crippen molar-refractivity contribution in [1.82, 2.24) is 9.78 Å². The Morgan fingerprint density at radius 3 is 2.30 bits per heavy atom. The van der Waals surface area contributed by atoms with E-state index in [-0.39, 0.29) is 11.3 Å². The van der Waals surface area contributed by atoms with E-state index in [0.717, 1.165) is 10.9 Å².